The van der Waals surface area contributed by atoms with E-state index in [0.29, 0.717) is 5.92 Å². The van der Waals surface area contributed by atoms with E-state index in [9.17, 15) is 4.79 Å². The number of rotatable bonds is 3. The van der Waals surface area contributed by atoms with Gasteiger partial charge >= 0.3 is 0 Å². The van der Waals surface area contributed by atoms with Crippen LogP contribution in [0.3, 0.4) is 0 Å². The van der Waals surface area contributed by atoms with Crippen molar-refractivity contribution in [3.05, 3.63) is 12.2 Å². The molecule has 0 radical (unpaired) electrons. The smallest absolute Gasteiger partial charge is 0.288 e. The van der Waals surface area contributed by atoms with Crippen LogP contribution in [-0.2, 0) is 11.3 Å². The van der Waals surface area contributed by atoms with Gasteiger partial charge in [-0.25, -0.2) is 4.98 Å². The van der Waals surface area contributed by atoms with Crippen LogP contribution in [-0.4, -0.2) is 33.9 Å². The first-order valence-corrected chi connectivity index (χ1v) is 5.02. The zero-order valence-corrected chi connectivity index (χ0v) is 8.43. The minimum atomic E-state index is -0.583. The monoisotopic (exact) mass is 210 g/mol. The molecule has 1 saturated heterocycles. The molecule has 6 nitrogen and oxygen atoms in total. The van der Waals surface area contributed by atoms with Crippen molar-refractivity contribution in [2.45, 2.75) is 19.4 Å². The fourth-order valence-corrected chi connectivity index (χ4v) is 1.69. The van der Waals surface area contributed by atoms with Crippen LogP contribution in [0.15, 0.2) is 6.33 Å². The van der Waals surface area contributed by atoms with Gasteiger partial charge in [-0.15, -0.1) is 5.10 Å². The first-order chi connectivity index (χ1) is 7.25. The molecule has 1 amide bonds. The van der Waals surface area contributed by atoms with E-state index in [4.69, 9.17) is 10.5 Å². The molecule has 0 atom stereocenters. The third-order valence-electron chi connectivity index (χ3n) is 2.54. The highest BCUT2D eigenvalue weighted by Crippen LogP contribution is 2.16. The van der Waals surface area contributed by atoms with Crippen LogP contribution in [0, 0.1) is 5.92 Å². The van der Waals surface area contributed by atoms with Crippen molar-refractivity contribution in [3.63, 3.8) is 0 Å². The van der Waals surface area contributed by atoms with E-state index in [1.807, 2.05) is 0 Å². The van der Waals surface area contributed by atoms with E-state index in [1.54, 1.807) is 11.0 Å². The number of ether oxygens (including phenoxy) is 1. The van der Waals surface area contributed by atoms with Crippen LogP contribution in [0.1, 0.15) is 23.5 Å². The summed E-state index contributed by atoms with van der Waals surface area (Å²) in [6, 6.07) is 0. The van der Waals surface area contributed by atoms with Gasteiger partial charge in [0.25, 0.3) is 5.91 Å². The van der Waals surface area contributed by atoms with Crippen LogP contribution >= 0.6 is 0 Å². The lowest BCUT2D eigenvalue weighted by Crippen LogP contribution is -2.21. The van der Waals surface area contributed by atoms with Gasteiger partial charge in [-0.3, -0.25) is 9.48 Å². The zero-order valence-electron chi connectivity index (χ0n) is 8.43. The molecule has 0 saturated carbocycles. The molecule has 0 aliphatic carbocycles. The molecule has 6 heteroatoms. The Hall–Kier alpha value is -1.43. The molecule has 0 spiro atoms. The van der Waals surface area contributed by atoms with Crippen molar-refractivity contribution in [3.8, 4) is 0 Å². The summed E-state index contributed by atoms with van der Waals surface area (Å²) < 4.78 is 6.94. The molecule has 1 aliphatic rings. The third kappa shape index (κ3) is 2.53. The maximum atomic E-state index is 10.8. The Labute approximate surface area is 87.4 Å². The van der Waals surface area contributed by atoms with Crippen LogP contribution in [0.5, 0.6) is 0 Å². The van der Waals surface area contributed by atoms with Crippen LogP contribution in [0.25, 0.3) is 0 Å². The Bertz CT molecular complexity index is 344. The minimum Gasteiger partial charge on any atom is -0.381 e. The second-order valence-corrected chi connectivity index (χ2v) is 3.71. The summed E-state index contributed by atoms with van der Waals surface area (Å²) in [7, 11) is 0. The summed E-state index contributed by atoms with van der Waals surface area (Å²) >= 11 is 0. The van der Waals surface area contributed by atoms with Crippen molar-refractivity contribution < 1.29 is 9.53 Å². The Balaban J connectivity index is 1.94. The molecule has 1 aromatic rings. The molecule has 0 unspecified atom stereocenters. The zero-order chi connectivity index (χ0) is 10.7. The van der Waals surface area contributed by atoms with Gasteiger partial charge in [0.05, 0.1) is 0 Å². The maximum Gasteiger partial charge on any atom is 0.288 e. The Morgan fingerprint density at radius 1 is 1.60 bits per heavy atom. The van der Waals surface area contributed by atoms with Crippen molar-refractivity contribution in [1.29, 1.82) is 0 Å². The quantitative estimate of drug-likeness (QED) is 0.749. The summed E-state index contributed by atoms with van der Waals surface area (Å²) in [6.07, 6.45) is 3.62. The first kappa shape index (κ1) is 10.1. The van der Waals surface area contributed by atoms with Crippen LogP contribution < -0.4 is 5.73 Å². The molecule has 15 heavy (non-hydrogen) atoms. The summed E-state index contributed by atoms with van der Waals surface area (Å²) in [5.41, 5.74) is 5.06. The highest BCUT2D eigenvalue weighted by atomic mass is 16.5. The van der Waals surface area contributed by atoms with Gasteiger partial charge in [0.15, 0.2) is 0 Å². The largest absolute Gasteiger partial charge is 0.381 e. The SMILES string of the molecule is NC(=O)c1ncn(CC2CCOCC2)n1. The molecular weight excluding hydrogens is 196 g/mol. The topological polar surface area (TPSA) is 83.0 Å². The lowest BCUT2D eigenvalue weighted by Gasteiger charge is -2.21. The lowest BCUT2D eigenvalue weighted by atomic mass is 10.0. The number of nitrogens with zero attached hydrogens (tertiary/aromatic N) is 3. The summed E-state index contributed by atoms with van der Waals surface area (Å²) in [5, 5.41) is 3.99. The van der Waals surface area contributed by atoms with Crippen molar-refractivity contribution in [2.75, 3.05) is 13.2 Å². The number of amides is 1. The molecule has 2 heterocycles. The molecule has 1 aliphatic heterocycles. The second kappa shape index (κ2) is 4.39. The number of hydrogen-bond donors (Lipinski definition) is 1. The van der Waals surface area contributed by atoms with Gasteiger partial charge < -0.3 is 10.5 Å². The molecule has 1 fully saturated rings. The highest BCUT2D eigenvalue weighted by molar-refractivity contribution is 5.88. The van der Waals surface area contributed by atoms with E-state index >= 15 is 0 Å². The number of carbonyl (C=O) groups excluding carboxylic acids is 1. The molecule has 0 bridgehead atoms. The van der Waals surface area contributed by atoms with E-state index in [2.05, 4.69) is 10.1 Å². The summed E-state index contributed by atoms with van der Waals surface area (Å²) in [6.45, 7) is 2.40. The lowest BCUT2D eigenvalue weighted by molar-refractivity contribution is 0.0600. The molecule has 1 aromatic heterocycles. The van der Waals surface area contributed by atoms with Crippen molar-refractivity contribution in [1.82, 2.24) is 14.8 Å². The summed E-state index contributed by atoms with van der Waals surface area (Å²) in [4.78, 5) is 14.6. The maximum absolute atomic E-state index is 10.8. The van der Waals surface area contributed by atoms with E-state index < -0.39 is 5.91 Å². The van der Waals surface area contributed by atoms with E-state index in [0.717, 1.165) is 32.6 Å². The van der Waals surface area contributed by atoms with Crippen molar-refractivity contribution in [2.24, 2.45) is 11.7 Å². The number of hydrogen-bond acceptors (Lipinski definition) is 4. The Morgan fingerprint density at radius 2 is 2.33 bits per heavy atom. The third-order valence-corrected chi connectivity index (χ3v) is 2.54. The molecular formula is C9H14N4O2. The van der Waals surface area contributed by atoms with Gasteiger partial charge in [-0.05, 0) is 18.8 Å². The normalized spacial score (nSPS) is 17.9. The molecule has 2 rings (SSSR count). The van der Waals surface area contributed by atoms with Gasteiger partial charge in [-0.2, -0.15) is 0 Å². The second-order valence-electron chi connectivity index (χ2n) is 3.71. The Morgan fingerprint density at radius 3 is 2.93 bits per heavy atom. The number of nitrogens with two attached hydrogens (primary N) is 1. The van der Waals surface area contributed by atoms with Crippen LogP contribution in [0.4, 0.5) is 0 Å². The number of primary amides is 1. The molecule has 82 valence electrons. The van der Waals surface area contributed by atoms with Gasteiger partial charge in [0.1, 0.15) is 6.33 Å². The average molecular weight is 210 g/mol. The van der Waals surface area contributed by atoms with E-state index in [-0.39, 0.29) is 5.82 Å². The Kier molecular flexibility index (Phi) is 2.96. The number of aromatic nitrogens is 3. The van der Waals surface area contributed by atoms with Gasteiger partial charge in [-0.1, -0.05) is 0 Å². The van der Waals surface area contributed by atoms with Gasteiger partial charge in [0, 0.05) is 19.8 Å². The first-order valence-electron chi connectivity index (χ1n) is 5.02. The van der Waals surface area contributed by atoms with Crippen LogP contribution in [0.2, 0.25) is 0 Å². The standard InChI is InChI=1S/C9H14N4O2/c10-8(14)9-11-6-13(12-9)5-7-1-3-15-4-2-7/h6-7H,1-5H2,(H2,10,14). The molecule has 2 N–H and O–H groups in total. The predicted molar refractivity (Wildman–Crippen MR) is 52.1 cm³/mol. The minimum absolute atomic E-state index is 0.0852. The molecule has 0 aromatic carbocycles. The highest BCUT2D eigenvalue weighted by Gasteiger charge is 2.15. The fourth-order valence-electron chi connectivity index (χ4n) is 1.69. The van der Waals surface area contributed by atoms with Crippen molar-refractivity contribution >= 4 is 5.91 Å². The van der Waals surface area contributed by atoms with Gasteiger partial charge in [0.2, 0.25) is 5.82 Å². The fraction of sp³-hybridized carbons (Fsp3) is 0.667. The average Bonchev–Trinajstić information content (AvgIpc) is 2.68. The predicted octanol–water partition coefficient (Wildman–Crippen LogP) is -0.196. The van der Waals surface area contributed by atoms with E-state index in [1.165, 1.54) is 0 Å². The number of carbonyl (C=O) groups is 1. The summed E-state index contributed by atoms with van der Waals surface area (Å²) in [5.74, 6) is 0.0592.